The second-order valence-corrected chi connectivity index (χ2v) is 4.08. The van der Waals surface area contributed by atoms with Gasteiger partial charge in [0.2, 0.25) is 0 Å². The molecular weight excluding hydrogens is 224 g/mol. The minimum Gasteiger partial charge on any atom is -0.370 e. The summed E-state index contributed by atoms with van der Waals surface area (Å²) in [6.07, 6.45) is 1.19. The van der Waals surface area contributed by atoms with E-state index in [9.17, 15) is 4.79 Å². The number of anilines is 1. The first-order valence-corrected chi connectivity index (χ1v) is 5.32. The van der Waals surface area contributed by atoms with Gasteiger partial charge in [-0.2, -0.15) is 5.26 Å². The van der Waals surface area contributed by atoms with Crippen molar-refractivity contribution in [1.29, 1.82) is 5.26 Å². The number of carbonyl (C=O) groups is 1. The molecule has 0 radical (unpaired) electrons. The Morgan fingerprint density at radius 3 is 2.88 bits per heavy atom. The molecule has 0 aromatic heterocycles. The van der Waals surface area contributed by atoms with Crippen LogP contribution < -0.4 is 4.90 Å². The Morgan fingerprint density at radius 2 is 2.31 bits per heavy atom. The standard InChI is InChI=1S/C12H13ClN2O/c1-9(5-6-14)15(2)12-4-3-11(13)7-10(12)8-16/h3-4,7-9H,5H2,1-2H3. The highest BCUT2D eigenvalue weighted by Gasteiger charge is 2.13. The highest BCUT2D eigenvalue weighted by atomic mass is 35.5. The number of benzene rings is 1. The lowest BCUT2D eigenvalue weighted by Gasteiger charge is -2.26. The van der Waals surface area contributed by atoms with Crippen LogP contribution in [-0.4, -0.2) is 19.4 Å². The molecule has 0 N–H and O–H groups in total. The van der Waals surface area contributed by atoms with Crippen molar-refractivity contribution in [2.75, 3.05) is 11.9 Å². The van der Waals surface area contributed by atoms with Crippen LogP contribution in [0, 0.1) is 11.3 Å². The molecule has 1 rings (SSSR count). The highest BCUT2D eigenvalue weighted by molar-refractivity contribution is 6.31. The van der Waals surface area contributed by atoms with Gasteiger partial charge in [-0.1, -0.05) is 11.6 Å². The number of hydrogen-bond acceptors (Lipinski definition) is 3. The number of rotatable bonds is 4. The molecule has 0 amide bonds. The molecule has 1 aromatic rings. The first kappa shape index (κ1) is 12.5. The zero-order valence-corrected chi connectivity index (χ0v) is 10.0. The third-order valence-electron chi connectivity index (χ3n) is 2.54. The van der Waals surface area contributed by atoms with Gasteiger partial charge in [0.25, 0.3) is 0 Å². The quantitative estimate of drug-likeness (QED) is 0.755. The lowest BCUT2D eigenvalue weighted by Crippen LogP contribution is -2.29. The summed E-state index contributed by atoms with van der Waals surface area (Å²) in [4.78, 5) is 12.8. The van der Waals surface area contributed by atoms with Crippen LogP contribution in [0.2, 0.25) is 5.02 Å². The molecule has 0 spiro atoms. The summed E-state index contributed by atoms with van der Waals surface area (Å²) in [7, 11) is 1.86. The van der Waals surface area contributed by atoms with E-state index in [0.29, 0.717) is 17.0 Å². The third kappa shape index (κ3) is 2.74. The summed E-state index contributed by atoms with van der Waals surface area (Å²) in [5.41, 5.74) is 1.34. The van der Waals surface area contributed by atoms with E-state index in [1.807, 2.05) is 18.9 Å². The number of carbonyl (C=O) groups excluding carboxylic acids is 1. The molecule has 0 saturated carbocycles. The Labute approximate surface area is 100 Å². The van der Waals surface area contributed by atoms with Gasteiger partial charge in [-0.05, 0) is 25.1 Å². The zero-order valence-electron chi connectivity index (χ0n) is 9.27. The van der Waals surface area contributed by atoms with E-state index in [2.05, 4.69) is 6.07 Å². The van der Waals surface area contributed by atoms with E-state index in [0.717, 1.165) is 12.0 Å². The van der Waals surface area contributed by atoms with Crippen LogP contribution in [0.3, 0.4) is 0 Å². The molecule has 0 saturated heterocycles. The molecule has 16 heavy (non-hydrogen) atoms. The van der Waals surface area contributed by atoms with Gasteiger partial charge in [0.1, 0.15) is 0 Å². The normalized spacial score (nSPS) is 11.6. The fraction of sp³-hybridized carbons (Fsp3) is 0.333. The molecule has 0 aliphatic carbocycles. The Hall–Kier alpha value is -1.53. The third-order valence-corrected chi connectivity index (χ3v) is 2.78. The Balaban J connectivity index is 3.03. The summed E-state index contributed by atoms with van der Waals surface area (Å²) in [6.45, 7) is 1.94. The average molecular weight is 237 g/mol. The molecule has 0 aliphatic rings. The van der Waals surface area contributed by atoms with Crippen molar-refractivity contribution in [1.82, 2.24) is 0 Å². The van der Waals surface area contributed by atoms with Gasteiger partial charge in [-0.3, -0.25) is 4.79 Å². The number of halogens is 1. The first-order chi connectivity index (χ1) is 7.60. The van der Waals surface area contributed by atoms with E-state index in [1.165, 1.54) is 0 Å². The van der Waals surface area contributed by atoms with Gasteiger partial charge in [-0.15, -0.1) is 0 Å². The smallest absolute Gasteiger partial charge is 0.152 e. The van der Waals surface area contributed by atoms with Crippen LogP contribution in [-0.2, 0) is 0 Å². The van der Waals surface area contributed by atoms with Crippen molar-refractivity contribution in [3.8, 4) is 6.07 Å². The van der Waals surface area contributed by atoms with Gasteiger partial charge >= 0.3 is 0 Å². The van der Waals surface area contributed by atoms with Crippen LogP contribution in [0.5, 0.6) is 0 Å². The van der Waals surface area contributed by atoms with E-state index < -0.39 is 0 Å². The zero-order chi connectivity index (χ0) is 12.1. The number of hydrogen-bond donors (Lipinski definition) is 0. The van der Waals surface area contributed by atoms with E-state index >= 15 is 0 Å². The lowest BCUT2D eigenvalue weighted by molar-refractivity contribution is 0.112. The maximum atomic E-state index is 10.9. The van der Waals surface area contributed by atoms with E-state index in [1.54, 1.807) is 18.2 Å². The predicted octanol–water partition coefficient (Wildman–Crippen LogP) is 2.89. The summed E-state index contributed by atoms with van der Waals surface area (Å²) in [5.74, 6) is 0. The topological polar surface area (TPSA) is 44.1 Å². The molecule has 3 nitrogen and oxygen atoms in total. The molecule has 1 unspecified atom stereocenters. The van der Waals surface area contributed by atoms with Crippen LogP contribution in [0.4, 0.5) is 5.69 Å². The fourth-order valence-corrected chi connectivity index (χ4v) is 1.63. The van der Waals surface area contributed by atoms with Gasteiger partial charge in [0.05, 0.1) is 12.5 Å². The number of aldehydes is 1. The first-order valence-electron chi connectivity index (χ1n) is 4.94. The second-order valence-electron chi connectivity index (χ2n) is 3.64. The van der Waals surface area contributed by atoms with Crippen molar-refractivity contribution in [3.05, 3.63) is 28.8 Å². The summed E-state index contributed by atoms with van der Waals surface area (Å²) < 4.78 is 0. The molecule has 1 atom stereocenters. The molecule has 0 fully saturated rings. The molecule has 0 heterocycles. The van der Waals surface area contributed by atoms with E-state index in [4.69, 9.17) is 16.9 Å². The number of nitrogens with zero attached hydrogens (tertiary/aromatic N) is 2. The van der Waals surface area contributed by atoms with E-state index in [-0.39, 0.29) is 6.04 Å². The molecule has 4 heteroatoms. The maximum Gasteiger partial charge on any atom is 0.152 e. The van der Waals surface area contributed by atoms with Crippen LogP contribution in [0.15, 0.2) is 18.2 Å². The largest absolute Gasteiger partial charge is 0.370 e. The van der Waals surface area contributed by atoms with Crippen molar-refractivity contribution >= 4 is 23.6 Å². The SMILES string of the molecule is CC(CC#N)N(C)c1ccc(Cl)cc1C=O. The average Bonchev–Trinajstić information content (AvgIpc) is 2.28. The highest BCUT2D eigenvalue weighted by Crippen LogP contribution is 2.24. The lowest BCUT2D eigenvalue weighted by atomic mass is 10.1. The van der Waals surface area contributed by atoms with Crippen molar-refractivity contribution < 1.29 is 4.79 Å². The van der Waals surface area contributed by atoms with Crippen molar-refractivity contribution in [2.45, 2.75) is 19.4 Å². The maximum absolute atomic E-state index is 10.9. The molecule has 84 valence electrons. The van der Waals surface area contributed by atoms with Gasteiger partial charge in [-0.25, -0.2) is 0 Å². The molecule has 1 aromatic carbocycles. The second kappa shape index (κ2) is 5.53. The molecule has 0 bridgehead atoms. The number of nitriles is 1. The van der Waals surface area contributed by atoms with Crippen molar-refractivity contribution in [3.63, 3.8) is 0 Å². The monoisotopic (exact) mass is 236 g/mol. The van der Waals surface area contributed by atoms with Gasteiger partial charge in [0.15, 0.2) is 6.29 Å². The van der Waals surface area contributed by atoms with Crippen LogP contribution in [0.25, 0.3) is 0 Å². The predicted molar refractivity (Wildman–Crippen MR) is 64.9 cm³/mol. The summed E-state index contributed by atoms with van der Waals surface area (Å²) >= 11 is 5.81. The van der Waals surface area contributed by atoms with Gasteiger partial charge in [0, 0.05) is 29.4 Å². The fourth-order valence-electron chi connectivity index (χ4n) is 1.45. The van der Waals surface area contributed by atoms with Crippen molar-refractivity contribution in [2.24, 2.45) is 0 Å². The Morgan fingerprint density at radius 1 is 1.62 bits per heavy atom. The summed E-state index contributed by atoms with van der Waals surface area (Å²) in [5, 5.41) is 9.17. The molecule has 0 aliphatic heterocycles. The minimum absolute atomic E-state index is 0.0601. The molecular formula is C12H13ClN2O. The van der Waals surface area contributed by atoms with Gasteiger partial charge < -0.3 is 4.90 Å². The Kier molecular flexibility index (Phi) is 4.33. The summed E-state index contributed by atoms with van der Waals surface area (Å²) in [6, 6.07) is 7.32. The Bertz CT molecular complexity index is 426. The van der Waals surface area contributed by atoms with Crippen LogP contribution in [0.1, 0.15) is 23.7 Å². The minimum atomic E-state index is 0.0601. The van der Waals surface area contributed by atoms with Crippen LogP contribution >= 0.6 is 11.6 Å².